The van der Waals surface area contributed by atoms with Gasteiger partial charge < -0.3 is 10.4 Å². The molecule has 2 rings (SSSR count). The first kappa shape index (κ1) is 14.9. The molecule has 0 unspecified atom stereocenters. The van der Waals surface area contributed by atoms with Crippen LogP contribution in [0.4, 0.5) is 5.69 Å². The van der Waals surface area contributed by atoms with Gasteiger partial charge in [0, 0.05) is 21.7 Å². The molecule has 2 N–H and O–H groups in total. The molecule has 0 radical (unpaired) electrons. The lowest BCUT2D eigenvalue weighted by molar-refractivity contribution is 0.0697. The number of carboxylic acid groups (broad SMARTS) is 1. The van der Waals surface area contributed by atoms with Crippen LogP contribution in [0, 0.1) is 6.92 Å². The number of aromatic carboxylic acids is 1. The third-order valence-corrected chi connectivity index (χ3v) is 3.94. The number of anilines is 1. The maximum absolute atomic E-state index is 10.9. The minimum Gasteiger partial charge on any atom is -0.478 e. The van der Waals surface area contributed by atoms with Gasteiger partial charge in [-0.3, -0.25) is 0 Å². The quantitative estimate of drug-likeness (QED) is 0.835. The van der Waals surface area contributed by atoms with Crippen molar-refractivity contribution in [3.8, 4) is 0 Å². The monoisotopic (exact) mass is 353 g/mol. The molecule has 2 aromatic carbocycles. The number of carbonyl (C=O) groups is 1. The van der Waals surface area contributed by atoms with Gasteiger partial charge in [-0.05, 0) is 42.3 Å². The van der Waals surface area contributed by atoms with Crippen LogP contribution in [-0.4, -0.2) is 11.1 Å². The second kappa shape index (κ2) is 6.29. The van der Waals surface area contributed by atoms with Crippen molar-refractivity contribution in [3.05, 3.63) is 62.6 Å². The molecule has 0 aliphatic heterocycles. The van der Waals surface area contributed by atoms with E-state index < -0.39 is 5.97 Å². The minimum absolute atomic E-state index is 0.263. The molecule has 0 aliphatic carbocycles. The molecule has 0 atom stereocenters. The lowest BCUT2D eigenvalue weighted by atomic mass is 10.1. The largest absolute Gasteiger partial charge is 0.478 e. The Balaban J connectivity index is 2.15. The number of aryl methyl sites for hydroxylation is 1. The number of nitrogens with one attached hydrogen (secondary N) is 1. The minimum atomic E-state index is -0.934. The van der Waals surface area contributed by atoms with Crippen molar-refractivity contribution < 1.29 is 9.90 Å². The summed E-state index contributed by atoms with van der Waals surface area (Å²) in [6, 6.07) is 10.7. The lowest BCUT2D eigenvalue weighted by Crippen LogP contribution is -2.03. The Labute approximate surface area is 130 Å². The first-order valence-corrected chi connectivity index (χ1v) is 7.16. The second-order valence-corrected chi connectivity index (χ2v) is 5.71. The van der Waals surface area contributed by atoms with E-state index in [0.717, 1.165) is 21.3 Å². The second-order valence-electron chi connectivity index (χ2n) is 4.42. The zero-order chi connectivity index (χ0) is 14.7. The van der Waals surface area contributed by atoms with Crippen molar-refractivity contribution in [2.75, 3.05) is 5.32 Å². The molecule has 0 saturated heterocycles. The average molecular weight is 355 g/mol. The Kier molecular flexibility index (Phi) is 4.68. The van der Waals surface area contributed by atoms with Gasteiger partial charge in [-0.15, -0.1) is 0 Å². The highest BCUT2D eigenvalue weighted by atomic mass is 79.9. The SMILES string of the molecule is Cc1ccc(Cl)cc1NCc1ccc(C(=O)O)cc1Br. The van der Waals surface area contributed by atoms with Gasteiger partial charge in [-0.1, -0.05) is 39.7 Å². The van der Waals surface area contributed by atoms with Crippen LogP contribution in [-0.2, 0) is 6.54 Å². The zero-order valence-corrected chi connectivity index (χ0v) is 13.1. The summed E-state index contributed by atoms with van der Waals surface area (Å²) < 4.78 is 0.768. The normalized spacial score (nSPS) is 10.3. The van der Waals surface area contributed by atoms with E-state index in [1.807, 2.05) is 25.1 Å². The third kappa shape index (κ3) is 3.52. The van der Waals surface area contributed by atoms with Crippen molar-refractivity contribution in [2.24, 2.45) is 0 Å². The van der Waals surface area contributed by atoms with Gasteiger partial charge >= 0.3 is 5.97 Å². The van der Waals surface area contributed by atoms with E-state index in [-0.39, 0.29) is 5.56 Å². The lowest BCUT2D eigenvalue weighted by Gasteiger charge is -2.11. The van der Waals surface area contributed by atoms with Gasteiger partial charge in [0.1, 0.15) is 0 Å². The number of benzene rings is 2. The van der Waals surface area contributed by atoms with E-state index in [0.29, 0.717) is 11.6 Å². The summed E-state index contributed by atoms with van der Waals surface area (Å²) in [4.78, 5) is 10.9. The van der Waals surface area contributed by atoms with Crippen LogP contribution in [0.25, 0.3) is 0 Å². The van der Waals surface area contributed by atoms with Gasteiger partial charge in [-0.2, -0.15) is 0 Å². The first-order valence-electron chi connectivity index (χ1n) is 5.99. The predicted molar refractivity (Wildman–Crippen MR) is 84.6 cm³/mol. The molecule has 0 amide bonds. The Hall–Kier alpha value is -1.52. The number of rotatable bonds is 4. The van der Waals surface area contributed by atoms with Gasteiger partial charge in [0.25, 0.3) is 0 Å². The van der Waals surface area contributed by atoms with Crippen molar-refractivity contribution >= 4 is 39.2 Å². The van der Waals surface area contributed by atoms with Crippen LogP contribution in [0.3, 0.4) is 0 Å². The summed E-state index contributed by atoms with van der Waals surface area (Å²) in [5.41, 5.74) is 3.31. The van der Waals surface area contributed by atoms with Gasteiger partial charge in [0.15, 0.2) is 0 Å². The molecular formula is C15H13BrClNO2. The fraction of sp³-hybridized carbons (Fsp3) is 0.133. The van der Waals surface area contributed by atoms with E-state index in [9.17, 15) is 4.79 Å². The highest BCUT2D eigenvalue weighted by Gasteiger charge is 2.07. The van der Waals surface area contributed by atoms with Crippen LogP contribution in [0.5, 0.6) is 0 Å². The highest BCUT2D eigenvalue weighted by molar-refractivity contribution is 9.10. The number of halogens is 2. The Morgan fingerprint density at radius 1 is 1.30 bits per heavy atom. The van der Waals surface area contributed by atoms with Crippen molar-refractivity contribution in [1.82, 2.24) is 0 Å². The molecule has 0 fully saturated rings. The Morgan fingerprint density at radius 3 is 2.70 bits per heavy atom. The molecule has 3 nitrogen and oxygen atoms in total. The molecular weight excluding hydrogens is 342 g/mol. The maximum atomic E-state index is 10.9. The highest BCUT2D eigenvalue weighted by Crippen LogP contribution is 2.23. The third-order valence-electron chi connectivity index (χ3n) is 2.97. The molecule has 0 aromatic heterocycles. The van der Waals surface area contributed by atoms with Gasteiger partial charge in [0.2, 0.25) is 0 Å². The molecule has 0 saturated carbocycles. The van der Waals surface area contributed by atoms with Crippen molar-refractivity contribution in [1.29, 1.82) is 0 Å². The standard InChI is InChI=1S/C15H13BrClNO2/c1-9-2-5-12(17)7-14(9)18-8-11-4-3-10(15(19)20)6-13(11)16/h2-7,18H,8H2,1H3,(H,19,20). The van der Waals surface area contributed by atoms with Crippen molar-refractivity contribution in [3.63, 3.8) is 0 Å². The first-order chi connectivity index (χ1) is 9.47. The maximum Gasteiger partial charge on any atom is 0.335 e. The summed E-state index contributed by atoms with van der Waals surface area (Å²) in [5.74, 6) is -0.934. The zero-order valence-electron chi connectivity index (χ0n) is 10.8. The molecule has 0 aliphatic rings. The summed E-state index contributed by atoms with van der Waals surface area (Å²) in [6.07, 6.45) is 0. The number of carboxylic acids is 1. The Bertz CT molecular complexity index is 658. The Morgan fingerprint density at radius 2 is 2.05 bits per heavy atom. The number of hydrogen-bond donors (Lipinski definition) is 2. The van der Waals surface area contributed by atoms with Crippen LogP contribution >= 0.6 is 27.5 Å². The fourth-order valence-electron chi connectivity index (χ4n) is 1.80. The summed E-state index contributed by atoms with van der Waals surface area (Å²) in [5, 5.41) is 12.9. The summed E-state index contributed by atoms with van der Waals surface area (Å²) in [7, 11) is 0. The van der Waals surface area contributed by atoms with Gasteiger partial charge in [-0.25, -0.2) is 4.79 Å². The van der Waals surface area contributed by atoms with Crippen molar-refractivity contribution in [2.45, 2.75) is 13.5 Å². The summed E-state index contributed by atoms with van der Waals surface area (Å²) >= 11 is 9.36. The molecule has 104 valence electrons. The molecule has 0 spiro atoms. The van der Waals surface area contributed by atoms with Crippen LogP contribution in [0.15, 0.2) is 40.9 Å². The van der Waals surface area contributed by atoms with E-state index >= 15 is 0 Å². The van der Waals surface area contributed by atoms with E-state index in [1.165, 1.54) is 0 Å². The smallest absolute Gasteiger partial charge is 0.335 e. The van der Waals surface area contributed by atoms with Crippen LogP contribution in [0.2, 0.25) is 5.02 Å². The fourth-order valence-corrected chi connectivity index (χ4v) is 2.49. The molecule has 2 aromatic rings. The average Bonchev–Trinajstić information content (AvgIpc) is 2.40. The van der Waals surface area contributed by atoms with Crippen LogP contribution < -0.4 is 5.32 Å². The molecule has 0 bridgehead atoms. The van der Waals surface area contributed by atoms with E-state index in [4.69, 9.17) is 16.7 Å². The van der Waals surface area contributed by atoms with E-state index in [1.54, 1.807) is 18.2 Å². The predicted octanol–water partition coefficient (Wildman–Crippen LogP) is 4.72. The number of hydrogen-bond acceptors (Lipinski definition) is 2. The molecule has 20 heavy (non-hydrogen) atoms. The van der Waals surface area contributed by atoms with Crippen LogP contribution in [0.1, 0.15) is 21.5 Å². The van der Waals surface area contributed by atoms with Gasteiger partial charge in [0.05, 0.1) is 5.56 Å². The van der Waals surface area contributed by atoms with E-state index in [2.05, 4.69) is 21.2 Å². The molecule has 0 heterocycles. The summed E-state index contributed by atoms with van der Waals surface area (Å²) in [6.45, 7) is 2.59. The molecule has 5 heteroatoms. The topological polar surface area (TPSA) is 49.3 Å².